The summed E-state index contributed by atoms with van der Waals surface area (Å²) in [6.07, 6.45) is 11.4. The van der Waals surface area contributed by atoms with E-state index in [1.54, 1.807) is 6.07 Å². The van der Waals surface area contributed by atoms with E-state index in [0.29, 0.717) is 17.3 Å². The van der Waals surface area contributed by atoms with Crippen LogP contribution >= 0.6 is 0 Å². The van der Waals surface area contributed by atoms with Crippen LogP contribution in [0, 0.1) is 23.1 Å². The van der Waals surface area contributed by atoms with Crippen LogP contribution in [0.5, 0.6) is 0 Å². The van der Waals surface area contributed by atoms with Gasteiger partial charge < -0.3 is 0 Å². The van der Waals surface area contributed by atoms with Crippen LogP contribution in [0.15, 0.2) is 30.6 Å². The summed E-state index contributed by atoms with van der Waals surface area (Å²) in [5, 5.41) is 8.79. The molecular weight excluding hydrogens is 301 g/mol. The molecule has 0 atom stereocenters. The van der Waals surface area contributed by atoms with Gasteiger partial charge in [-0.15, -0.1) is 0 Å². The number of rotatable bonds is 4. The molecule has 4 heteroatoms. The van der Waals surface area contributed by atoms with Crippen LogP contribution in [0.25, 0.3) is 11.4 Å². The van der Waals surface area contributed by atoms with Crippen LogP contribution in [-0.4, -0.2) is 9.97 Å². The van der Waals surface area contributed by atoms with Gasteiger partial charge in [-0.05, 0) is 61.3 Å². The van der Waals surface area contributed by atoms with E-state index in [1.165, 1.54) is 56.2 Å². The first kappa shape index (κ1) is 16.6. The maximum atomic E-state index is 13.7. The fourth-order valence-corrected chi connectivity index (χ4v) is 3.64. The molecule has 2 aromatic rings. The zero-order chi connectivity index (χ0) is 16.9. The van der Waals surface area contributed by atoms with Crippen molar-refractivity contribution >= 4 is 0 Å². The highest BCUT2D eigenvalue weighted by atomic mass is 19.1. The molecule has 1 saturated carbocycles. The van der Waals surface area contributed by atoms with Crippen molar-refractivity contribution < 1.29 is 4.39 Å². The minimum absolute atomic E-state index is 0.0409. The molecule has 1 heterocycles. The van der Waals surface area contributed by atoms with Crippen molar-refractivity contribution in [2.45, 2.75) is 51.4 Å². The molecule has 1 aromatic heterocycles. The largest absolute Gasteiger partial charge is 0.236 e. The van der Waals surface area contributed by atoms with E-state index in [-0.39, 0.29) is 5.56 Å². The molecule has 0 unspecified atom stereocenters. The Kier molecular flexibility index (Phi) is 5.20. The van der Waals surface area contributed by atoms with Gasteiger partial charge in [0, 0.05) is 18.0 Å². The van der Waals surface area contributed by atoms with Crippen molar-refractivity contribution in [1.29, 1.82) is 5.26 Å². The maximum Gasteiger partial charge on any atom is 0.159 e. The number of halogens is 1. The zero-order valence-electron chi connectivity index (χ0n) is 14.0. The van der Waals surface area contributed by atoms with Gasteiger partial charge in [0.25, 0.3) is 0 Å². The Balaban J connectivity index is 1.70. The molecule has 1 fully saturated rings. The van der Waals surface area contributed by atoms with E-state index in [0.717, 1.165) is 5.92 Å². The summed E-state index contributed by atoms with van der Waals surface area (Å²) in [6, 6.07) is 6.30. The van der Waals surface area contributed by atoms with Gasteiger partial charge in [0.1, 0.15) is 11.9 Å². The molecular formula is C20H22FN3. The highest BCUT2D eigenvalue weighted by Crippen LogP contribution is 2.37. The highest BCUT2D eigenvalue weighted by molar-refractivity contribution is 5.56. The lowest BCUT2D eigenvalue weighted by molar-refractivity contribution is 0.308. The minimum atomic E-state index is -0.531. The average Bonchev–Trinajstić information content (AvgIpc) is 2.63. The number of hydrogen-bond donors (Lipinski definition) is 0. The lowest BCUT2D eigenvalue weighted by atomic mass is 9.78. The second-order valence-corrected chi connectivity index (χ2v) is 6.65. The third-order valence-electron chi connectivity index (χ3n) is 5.03. The zero-order valence-corrected chi connectivity index (χ0v) is 14.0. The number of aromatic nitrogens is 2. The predicted octanol–water partition coefficient (Wildman–Crippen LogP) is 5.23. The van der Waals surface area contributed by atoms with E-state index in [4.69, 9.17) is 5.26 Å². The van der Waals surface area contributed by atoms with E-state index in [9.17, 15) is 4.39 Å². The van der Waals surface area contributed by atoms with Gasteiger partial charge in [-0.25, -0.2) is 14.4 Å². The van der Waals surface area contributed by atoms with Crippen LogP contribution in [0.2, 0.25) is 0 Å². The first-order valence-corrected chi connectivity index (χ1v) is 8.73. The fraction of sp³-hybridized carbons (Fsp3) is 0.450. The van der Waals surface area contributed by atoms with Gasteiger partial charge in [0.2, 0.25) is 0 Å². The summed E-state index contributed by atoms with van der Waals surface area (Å²) in [7, 11) is 0. The summed E-state index contributed by atoms with van der Waals surface area (Å²) >= 11 is 0. The Labute approximate surface area is 142 Å². The molecule has 0 bridgehead atoms. The molecule has 1 aliphatic rings. The first-order valence-electron chi connectivity index (χ1n) is 8.73. The Morgan fingerprint density at radius 1 is 1.17 bits per heavy atom. The van der Waals surface area contributed by atoms with Crippen molar-refractivity contribution in [3.05, 3.63) is 47.5 Å². The van der Waals surface area contributed by atoms with Crippen molar-refractivity contribution in [3.63, 3.8) is 0 Å². The standard InChI is InChI=1S/C20H22FN3/c1-2-3-14-4-6-15(7-5-14)18-12-23-20(24-13-18)16-8-9-17(11-22)19(21)10-16/h8-10,12-15H,2-7H2,1H3/t14-,15-. The Morgan fingerprint density at radius 3 is 2.46 bits per heavy atom. The molecule has 0 amide bonds. The molecule has 0 spiro atoms. The van der Waals surface area contributed by atoms with E-state index < -0.39 is 5.82 Å². The third-order valence-corrected chi connectivity index (χ3v) is 5.03. The predicted molar refractivity (Wildman–Crippen MR) is 91.7 cm³/mol. The minimum Gasteiger partial charge on any atom is -0.236 e. The van der Waals surface area contributed by atoms with Gasteiger partial charge in [0.15, 0.2) is 5.82 Å². The van der Waals surface area contributed by atoms with Crippen molar-refractivity contribution in [1.82, 2.24) is 9.97 Å². The summed E-state index contributed by atoms with van der Waals surface area (Å²) in [5.41, 5.74) is 1.83. The van der Waals surface area contributed by atoms with Gasteiger partial charge in [-0.1, -0.05) is 19.8 Å². The molecule has 1 aliphatic carbocycles. The number of benzene rings is 1. The summed E-state index contributed by atoms with van der Waals surface area (Å²) in [5.74, 6) is 1.40. The molecule has 24 heavy (non-hydrogen) atoms. The van der Waals surface area contributed by atoms with Crippen LogP contribution in [0.4, 0.5) is 4.39 Å². The molecule has 0 saturated heterocycles. The Bertz CT molecular complexity index is 726. The molecule has 3 rings (SSSR count). The number of nitriles is 1. The molecule has 0 aliphatic heterocycles. The maximum absolute atomic E-state index is 13.7. The van der Waals surface area contributed by atoms with Crippen LogP contribution < -0.4 is 0 Å². The summed E-state index contributed by atoms with van der Waals surface area (Å²) in [4.78, 5) is 8.83. The molecule has 124 valence electrons. The van der Waals surface area contributed by atoms with Gasteiger partial charge >= 0.3 is 0 Å². The second kappa shape index (κ2) is 7.53. The van der Waals surface area contributed by atoms with E-state index in [1.807, 2.05) is 18.5 Å². The van der Waals surface area contributed by atoms with Crippen LogP contribution in [0.3, 0.4) is 0 Å². The Morgan fingerprint density at radius 2 is 1.88 bits per heavy atom. The quantitative estimate of drug-likeness (QED) is 0.774. The second-order valence-electron chi connectivity index (χ2n) is 6.65. The van der Waals surface area contributed by atoms with Gasteiger partial charge in [-0.2, -0.15) is 5.26 Å². The highest BCUT2D eigenvalue weighted by Gasteiger charge is 2.22. The van der Waals surface area contributed by atoms with Crippen molar-refractivity contribution in [3.8, 4) is 17.5 Å². The van der Waals surface area contributed by atoms with Crippen molar-refractivity contribution in [2.24, 2.45) is 5.92 Å². The van der Waals surface area contributed by atoms with Crippen LogP contribution in [-0.2, 0) is 0 Å². The normalized spacial score (nSPS) is 20.5. The smallest absolute Gasteiger partial charge is 0.159 e. The van der Waals surface area contributed by atoms with Crippen LogP contribution in [0.1, 0.15) is 62.5 Å². The molecule has 0 N–H and O–H groups in total. The Hall–Kier alpha value is -2.28. The molecule has 0 radical (unpaired) electrons. The average molecular weight is 323 g/mol. The van der Waals surface area contributed by atoms with Gasteiger partial charge in [-0.3, -0.25) is 0 Å². The lowest BCUT2D eigenvalue weighted by Crippen LogP contribution is -2.13. The van der Waals surface area contributed by atoms with E-state index >= 15 is 0 Å². The SMILES string of the molecule is CCC[C@H]1CC[C@H](c2cnc(-c3ccc(C#N)c(F)c3)nc2)CC1. The topological polar surface area (TPSA) is 49.6 Å². The fourth-order valence-electron chi connectivity index (χ4n) is 3.64. The summed E-state index contributed by atoms with van der Waals surface area (Å²) < 4.78 is 13.7. The lowest BCUT2D eigenvalue weighted by Gasteiger charge is -2.28. The molecule has 3 nitrogen and oxygen atoms in total. The van der Waals surface area contributed by atoms with Crippen molar-refractivity contribution in [2.75, 3.05) is 0 Å². The summed E-state index contributed by atoms with van der Waals surface area (Å²) in [6.45, 7) is 2.25. The monoisotopic (exact) mass is 323 g/mol. The first-order chi connectivity index (χ1) is 11.7. The van der Waals surface area contributed by atoms with E-state index in [2.05, 4.69) is 16.9 Å². The third kappa shape index (κ3) is 3.62. The molecule has 1 aromatic carbocycles. The van der Waals surface area contributed by atoms with Gasteiger partial charge in [0.05, 0.1) is 5.56 Å². The number of nitrogens with zero attached hydrogens (tertiary/aromatic N) is 3. The number of hydrogen-bond acceptors (Lipinski definition) is 3.